The molecular weight excluding hydrogens is 486 g/mol. The van der Waals surface area contributed by atoms with Crippen LogP contribution in [0.2, 0.25) is 0 Å². The highest BCUT2D eigenvalue weighted by molar-refractivity contribution is 5.95. The predicted octanol–water partition coefficient (Wildman–Crippen LogP) is 2.69. The van der Waals surface area contributed by atoms with E-state index in [2.05, 4.69) is 21.1 Å². The molecule has 1 aliphatic heterocycles. The zero-order valence-corrected chi connectivity index (χ0v) is 21.1. The molecular formula is C26H32F2N4O5. The molecule has 1 aliphatic rings. The van der Waals surface area contributed by atoms with Crippen molar-refractivity contribution in [3.8, 4) is 0 Å². The number of benzene rings is 2. The molecule has 0 aromatic heterocycles. The fourth-order valence-electron chi connectivity index (χ4n) is 3.73. The maximum atomic E-state index is 13.5. The van der Waals surface area contributed by atoms with Gasteiger partial charge in [-0.3, -0.25) is 19.9 Å². The topological polar surface area (TPSA) is 109 Å². The molecule has 0 bridgehead atoms. The second-order valence-electron chi connectivity index (χ2n) is 9.74. The van der Waals surface area contributed by atoms with Crippen LogP contribution in [-0.4, -0.2) is 60.8 Å². The average Bonchev–Trinajstić information content (AvgIpc) is 2.83. The third kappa shape index (κ3) is 9.43. The number of hydrogen-bond acceptors (Lipinski definition) is 6. The maximum absolute atomic E-state index is 13.5. The second kappa shape index (κ2) is 12.6. The summed E-state index contributed by atoms with van der Waals surface area (Å²) in [7, 11) is 0. The van der Waals surface area contributed by atoms with Crippen LogP contribution in [-0.2, 0) is 27.2 Å². The van der Waals surface area contributed by atoms with Crippen LogP contribution >= 0.6 is 0 Å². The molecule has 3 rings (SSSR count). The molecule has 1 heterocycles. The largest absolute Gasteiger partial charge is 0.443 e. The Morgan fingerprint density at radius 3 is 2.57 bits per heavy atom. The lowest BCUT2D eigenvalue weighted by Crippen LogP contribution is -2.47. The quantitative estimate of drug-likeness (QED) is 0.487. The lowest BCUT2D eigenvalue weighted by atomic mass is 10.1. The van der Waals surface area contributed by atoms with Gasteiger partial charge in [0.05, 0.1) is 19.1 Å². The molecule has 0 saturated carbocycles. The highest BCUT2D eigenvalue weighted by Crippen LogP contribution is 2.14. The Labute approximate surface area is 214 Å². The molecule has 3 N–H and O–H groups in total. The minimum absolute atomic E-state index is 0.0475. The SMILES string of the molecule is CC(C)(C)OC(=O)NNC(=O)c1cccc(CC(=O)NC[C@H]2CN(Cc3ccc(F)c(F)c3)CCO2)c1. The Hall–Kier alpha value is -3.57. The Kier molecular flexibility index (Phi) is 9.54. The summed E-state index contributed by atoms with van der Waals surface area (Å²) >= 11 is 0. The van der Waals surface area contributed by atoms with Crippen molar-refractivity contribution in [2.75, 3.05) is 26.2 Å². The van der Waals surface area contributed by atoms with Gasteiger partial charge < -0.3 is 14.8 Å². The van der Waals surface area contributed by atoms with Crippen molar-refractivity contribution in [1.29, 1.82) is 0 Å². The molecule has 9 nitrogen and oxygen atoms in total. The van der Waals surface area contributed by atoms with Gasteiger partial charge in [0, 0.05) is 31.7 Å². The number of carbonyl (C=O) groups is 3. The summed E-state index contributed by atoms with van der Waals surface area (Å²) in [5.74, 6) is -2.55. The van der Waals surface area contributed by atoms with E-state index in [1.807, 2.05) is 0 Å². The van der Waals surface area contributed by atoms with Crippen LogP contribution in [0.15, 0.2) is 42.5 Å². The molecule has 37 heavy (non-hydrogen) atoms. The van der Waals surface area contributed by atoms with E-state index in [1.54, 1.807) is 51.1 Å². The molecule has 200 valence electrons. The summed E-state index contributed by atoms with van der Waals surface area (Å²) in [6.07, 6.45) is -0.991. The van der Waals surface area contributed by atoms with Gasteiger partial charge in [-0.1, -0.05) is 18.2 Å². The number of rotatable bonds is 7. The molecule has 2 aromatic rings. The zero-order valence-electron chi connectivity index (χ0n) is 21.1. The highest BCUT2D eigenvalue weighted by atomic mass is 19.2. The van der Waals surface area contributed by atoms with Gasteiger partial charge in [0.15, 0.2) is 11.6 Å². The molecule has 2 aromatic carbocycles. The summed E-state index contributed by atoms with van der Waals surface area (Å²) in [5.41, 5.74) is 5.30. The van der Waals surface area contributed by atoms with Crippen LogP contribution in [0.3, 0.4) is 0 Å². The van der Waals surface area contributed by atoms with Gasteiger partial charge in [0.25, 0.3) is 5.91 Å². The number of amides is 3. The predicted molar refractivity (Wildman–Crippen MR) is 131 cm³/mol. The van der Waals surface area contributed by atoms with Crippen LogP contribution in [0.25, 0.3) is 0 Å². The summed E-state index contributed by atoms with van der Waals surface area (Å²) in [5, 5.41) is 2.84. The van der Waals surface area contributed by atoms with Crippen LogP contribution < -0.4 is 16.2 Å². The van der Waals surface area contributed by atoms with Crippen molar-refractivity contribution in [3.05, 3.63) is 70.8 Å². The summed E-state index contributed by atoms with van der Waals surface area (Å²) in [4.78, 5) is 38.6. The highest BCUT2D eigenvalue weighted by Gasteiger charge is 2.22. The van der Waals surface area contributed by atoms with Crippen LogP contribution in [0.1, 0.15) is 42.3 Å². The van der Waals surface area contributed by atoms with E-state index < -0.39 is 29.2 Å². The van der Waals surface area contributed by atoms with Gasteiger partial charge >= 0.3 is 6.09 Å². The number of nitrogens with one attached hydrogen (secondary N) is 3. The average molecular weight is 519 g/mol. The third-order valence-electron chi connectivity index (χ3n) is 5.37. The van der Waals surface area contributed by atoms with Crippen LogP contribution in [0.4, 0.5) is 13.6 Å². The van der Waals surface area contributed by atoms with Crippen LogP contribution in [0.5, 0.6) is 0 Å². The number of hydrogen-bond donors (Lipinski definition) is 3. The monoisotopic (exact) mass is 518 g/mol. The lowest BCUT2D eigenvalue weighted by Gasteiger charge is -2.33. The first kappa shape index (κ1) is 28.0. The standard InChI is InChI=1S/C26H32F2N4O5/c1-26(2,3)37-25(35)31-30-24(34)19-6-4-5-17(11-19)13-23(33)29-14-20-16-32(9-10-36-20)15-18-7-8-21(27)22(28)12-18/h4-8,11-12,20H,9-10,13-16H2,1-3H3,(H,29,33)(H,30,34)(H,31,35)/t20-/m0/s1. The fraction of sp³-hybridized carbons (Fsp3) is 0.423. The van der Waals surface area contributed by atoms with E-state index in [9.17, 15) is 23.2 Å². The molecule has 3 amide bonds. The summed E-state index contributed by atoms with van der Waals surface area (Å²) in [6.45, 7) is 7.47. The molecule has 0 radical (unpaired) electrons. The molecule has 0 aliphatic carbocycles. The first-order chi connectivity index (χ1) is 17.5. The minimum atomic E-state index is -0.880. The van der Waals surface area contributed by atoms with Gasteiger partial charge in [0.1, 0.15) is 5.60 Å². The van der Waals surface area contributed by atoms with Crippen molar-refractivity contribution in [3.63, 3.8) is 0 Å². The molecule has 0 unspecified atom stereocenters. The Balaban J connectivity index is 1.44. The van der Waals surface area contributed by atoms with E-state index in [0.29, 0.717) is 37.4 Å². The smallest absolute Gasteiger partial charge is 0.426 e. The van der Waals surface area contributed by atoms with E-state index in [0.717, 1.165) is 6.07 Å². The first-order valence-electron chi connectivity index (χ1n) is 11.9. The maximum Gasteiger partial charge on any atom is 0.426 e. The van der Waals surface area contributed by atoms with E-state index in [-0.39, 0.29) is 30.5 Å². The van der Waals surface area contributed by atoms with Crippen molar-refractivity contribution in [1.82, 2.24) is 21.1 Å². The zero-order chi connectivity index (χ0) is 27.0. The number of morpholine rings is 1. The summed E-state index contributed by atoms with van der Waals surface area (Å²) in [6, 6.07) is 10.3. The molecule has 1 atom stereocenters. The molecule has 0 spiro atoms. The third-order valence-corrected chi connectivity index (χ3v) is 5.37. The van der Waals surface area contributed by atoms with Gasteiger partial charge in [0.2, 0.25) is 5.91 Å². The molecule has 1 fully saturated rings. The number of halogens is 2. The fourth-order valence-corrected chi connectivity index (χ4v) is 3.73. The lowest BCUT2D eigenvalue weighted by molar-refractivity contribution is -0.121. The number of ether oxygens (including phenoxy) is 2. The minimum Gasteiger partial charge on any atom is -0.443 e. The molecule has 1 saturated heterocycles. The normalized spacial score (nSPS) is 16.1. The van der Waals surface area contributed by atoms with Crippen molar-refractivity contribution >= 4 is 17.9 Å². The Morgan fingerprint density at radius 2 is 1.84 bits per heavy atom. The molecule has 11 heteroatoms. The van der Waals surface area contributed by atoms with Crippen LogP contribution in [0, 0.1) is 11.6 Å². The number of carbonyl (C=O) groups excluding carboxylic acids is 3. The van der Waals surface area contributed by atoms with E-state index in [1.165, 1.54) is 6.07 Å². The second-order valence-corrected chi connectivity index (χ2v) is 9.74. The van der Waals surface area contributed by atoms with Crippen molar-refractivity contribution in [2.24, 2.45) is 0 Å². The summed E-state index contributed by atoms with van der Waals surface area (Å²) < 4.78 is 37.4. The van der Waals surface area contributed by atoms with Gasteiger partial charge in [-0.2, -0.15) is 0 Å². The number of nitrogens with zero attached hydrogens (tertiary/aromatic N) is 1. The Morgan fingerprint density at radius 1 is 1.05 bits per heavy atom. The van der Waals surface area contributed by atoms with Gasteiger partial charge in [-0.05, 0) is 56.2 Å². The van der Waals surface area contributed by atoms with E-state index in [4.69, 9.17) is 9.47 Å². The van der Waals surface area contributed by atoms with Crippen molar-refractivity contribution in [2.45, 2.75) is 45.4 Å². The Bertz CT molecular complexity index is 1120. The van der Waals surface area contributed by atoms with Gasteiger partial charge in [-0.25, -0.2) is 19.0 Å². The van der Waals surface area contributed by atoms with Gasteiger partial charge in [-0.15, -0.1) is 0 Å². The number of hydrazine groups is 1. The van der Waals surface area contributed by atoms with Crippen molar-refractivity contribution < 1.29 is 32.6 Å². The van der Waals surface area contributed by atoms with E-state index >= 15 is 0 Å². The first-order valence-corrected chi connectivity index (χ1v) is 11.9.